The summed E-state index contributed by atoms with van der Waals surface area (Å²) in [6.07, 6.45) is 0. The number of hydrogen-bond donors (Lipinski definition) is 1. The van der Waals surface area contributed by atoms with Gasteiger partial charge in [-0.15, -0.1) is 0 Å². The van der Waals surface area contributed by atoms with Crippen molar-refractivity contribution >= 4 is 11.6 Å². The minimum atomic E-state index is -0.778. The Bertz CT molecular complexity index is 587. The predicted molar refractivity (Wildman–Crippen MR) is 76.5 cm³/mol. The van der Waals surface area contributed by atoms with Crippen LogP contribution in [0.4, 0.5) is 5.69 Å². The number of nitrogens with zero attached hydrogens (tertiary/aromatic N) is 3. The highest BCUT2D eigenvalue weighted by Crippen LogP contribution is 2.41. The maximum atomic E-state index is 12.7. The van der Waals surface area contributed by atoms with E-state index in [2.05, 4.69) is 6.07 Å². The number of rotatable bonds is 3. The molecule has 0 aromatic heterocycles. The number of amides is 1. The van der Waals surface area contributed by atoms with Crippen molar-refractivity contribution in [1.29, 1.82) is 5.26 Å². The van der Waals surface area contributed by atoms with Gasteiger partial charge in [0.25, 0.3) is 5.91 Å². The van der Waals surface area contributed by atoms with Crippen LogP contribution in [0, 0.1) is 11.3 Å². The number of nitriles is 1. The van der Waals surface area contributed by atoms with Gasteiger partial charge in [0.1, 0.15) is 6.04 Å². The molecule has 0 spiro atoms. The molecule has 0 saturated carbocycles. The lowest BCUT2D eigenvalue weighted by molar-refractivity contribution is 0.0338. The second kappa shape index (κ2) is 4.80. The fourth-order valence-electron chi connectivity index (χ4n) is 2.60. The molecule has 1 aliphatic heterocycles. The Morgan fingerprint density at radius 2 is 2.10 bits per heavy atom. The molecule has 0 fully saturated rings. The Morgan fingerprint density at radius 3 is 2.60 bits per heavy atom. The van der Waals surface area contributed by atoms with Gasteiger partial charge in [-0.25, -0.2) is 0 Å². The number of benzene rings is 1. The topological polar surface area (TPSA) is 67.6 Å². The van der Waals surface area contributed by atoms with Crippen LogP contribution in [0.3, 0.4) is 0 Å². The van der Waals surface area contributed by atoms with Gasteiger partial charge < -0.3 is 14.9 Å². The minimum absolute atomic E-state index is 0.192. The molecule has 0 saturated heterocycles. The van der Waals surface area contributed by atoms with Crippen molar-refractivity contribution in [2.75, 3.05) is 25.6 Å². The highest BCUT2D eigenvalue weighted by molar-refractivity contribution is 6.05. The van der Waals surface area contributed by atoms with Crippen LogP contribution in [-0.4, -0.2) is 42.2 Å². The van der Waals surface area contributed by atoms with E-state index in [0.717, 1.165) is 5.69 Å². The average Bonchev–Trinajstić information content (AvgIpc) is 2.72. The van der Waals surface area contributed by atoms with E-state index in [4.69, 9.17) is 0 Å². The Hall–Kier alpha value is -2.06. The third-order valence-corrected chi connectivity index (χ3v) is 3.70. The molecule has 1 N–H and O–H groups in total. The zero-order valence-corrected chi connectivity index (χ0v) is 12.2. The molecule has 1 amide bonds. The van der Waals surface area contributed by atoms with E-state index in [-0.39, 0.29) is 12.5 Å². The van der Waals surface area contributed by atoms with Crippen molar-refractivity contribution in [3.63, 3.8) is 0 Å². The van der Waals surface area contributed by atoms with E-state index < -0.39 is 11.6 Å². The quantitative estimate of drug-likeness (QED) is 0.907. The van der Waals surface area contributed by atoms with Crippen molar-refractivity contribution in [3.05, 3.63) is 29.3 Å². The first-order valence-corrected chi connectivity index (χ1v) is 6.49. The number of carbonyl (C=O) groups is 1. The maximum absolute atomic E-state index is 12.7. The third kappa shape index (κ3) is 1.93. The van der Waals surface area contributed by atoms with E-state index in [1.54, 1.807) is 13.8 Å². The number of fused-ring (bicyclic) bond motifs is 1. The lowest BCUT2D eigenvalue weighted by Gasteiger charge is -2.36. The number of aliphatic hydroxyl groups excluding tert-OH is 1. The predicted octanol–water partition coefficient (Wildman–Crippen LogP) is 1.54. The van der Waals surface area contributed by atoms with Crippen molar-refractivity contribution in [2.45, 2.75) is 25.4 Å². The van der Waals surface area contributed by atoms with Crippen LogP contribution < -0.4 is 4.90 Å². The maximum Gasteiger partial charge on any atom is 0.258 e. The van der Waals surface area contributed by atoms with Crippen molar-refractivity contribution in [3.8, 4) is 6.07 Å². The Balaban J connectivity index is 2.64. The third-order valence-electron chi connectivity index (χ3n) is 3.70. The first kappa shape index (κ1) is 14.4. The monoisotopic (exact) mass is 273 g/mol. The van der Waals surface area contributed by atoms with Gasteiger partial charge in [-0.3, -0.25) is 4.79 Å². The van der Waals surface area contributed by atoms with Gasteiger partial charge in [0.05, 0.1) is 23.8 Å². The molecule has 106 valence electrons. The fraction of sp³-hybridized carbons (Fsp3) is 0.467. The molecule has 5 nitrogen and oxygen atoms in total. The molecule has 1 heterocycles. The van der Waals surface area contributed by atoms with Crippen LogP contribution in [0.5, 0.6) is 0 Å². The van der Waals surface area contributed by atoms with Crippen molar-refractivity contribution in [2.24, 2.45) is 0 Å². The molecule has 1 aliphatic rings. The van der Waals surface area contributed by atoms with Crippen LogP contribution in [0.2, 0.25) is 0 Å². The fourth-order valence-corrected chi connectivity index (χ4v) is 2.60. The van der Waals surface area contributed by atoms with Gasteiger partial charge in [-0.05, 0) is 19.9 Å². The highest BCUT2D eigenvalue weighted by Gasteiger charge is 2.45. The Morgan fingerprint density at radius 1 is 1.45 bits per heavy atom. The first-order chi connectivity index (χ1) is 9.35. The van der Waals surface area contributed by atoms with E-state index >= 15 is 0 Å². The van der Waals surface area contributed by atoms with Crippen LogP contribution in [0.25, 0.3) is 0 Å². The summed E-state index contributed by atoms with van der Waals surface area (Å²) in [4.78, 5) is 16.1. The van der Waals surface area contributed by atoms with Gasteiger partial charge in [0.2, 0.25) is 0 Å². The second-order valence-electron chi connectivity index (χ2n) is 5.81. The van der Waals surface area contributed by atoms with Crippen LogP contribution in [0.15, 0.2) is 18.2 Å². The standard InChI is InChI=1S/C15H19N3O2/c1-15(2,9-19)18-12(8-16)10-6-5-7-11(17(3)4)13(10)14(18)20/h5-7,12,19H,9H2,1-4H3. The highest BCUT2D eigenvalue weighted by atomic mass is 16.3. The van der Waals surface area contributed by atoms with E-state index in [1.165, 1.54) is 4.90 Å². The van der Waals surface area contributed by atoms with Crippen LogP contribution in [0.1, 0.15) is 35.8 Å². The van der Waals surface area contributed by atoms with Gasteiger partial charge >= 0.3 is 0 Å². The lowest BCUT2D eigenvalue weighted by Crippen LogP contribution is -2.48. The number of anilines is 1. The Labute approximate surface area is 119 Å². The number of carbonyl (C=O) groups excluding carboxylic acids is 1. The molecule has 1 unspecified atom stereocenters. The summed E-state index contributed by atoms with van der Waals surface area (Å²) in [6.45, 7) is 3.33. The van der Waals surface area contributed by atoms with Crippen LogP contribution in [-0.2, 0) is 0 Å². The van der Waals surface area contributed by atoms with E-state index in [1.807, 2.05) is 37.2 Å². The summed E-state index contributed by atoms with van der Waals surface area (Å²) in [5.41, 5.74) is 1.29. The van der Waals surface area contributed by atoms with Crippen molar-refractivity contribution < 1.29 is 9.90 Å². The summed E-state index contributed by atoms with van der Waals surface area (Å²) >= 11 is 0. The summed E-state index contributed by atoms with van der Waals surface area (Å²) in [5.74, 6) is -0.199. The lowest BCUT2D eigenvalue weighted by atomic mass is 10.0. The molecule has 1 aromatic rings. The molecular weight excluding hydrogens is 254 g/mol. The first-order valence-electron chi connectivity index (χ1n) is 6.49. The normalized spacial score (nSPS) is 17.9. The number of hydrogen-bond acceptors (Lipinski definition) is 4. The zero-order chi connectivity index (χ0) is 15.1. The molecule has 2 rings (SSSR count). The SMILES string of the molecule is CN(C)c1cccc2c1C(=O)N(C(C)(C)CO)C2C#N. The van der Waals surface area contributed by atoms with E-state index in [0.29, 0.717) is 11.1 Å². The molecular formula is C15H19N3O2. The Kier molecular flexibility index (Phi) is 3.45. The van der Waals surface area contributed by atoms with E-state index in [9.17, 15) is 15.2 Å². The van der Waals surface area contributed by atoms with Crippen LogP contribution >= 0.6 is 0 Å². The summed E-state index contributed by atoms with van der Waals surface area (Å²) in [6, 6.07) is 7.05. The molecule has 0 bridgehead atoms. The van der Waals surface area contributed by atoms with Gasteiger partial charge in [-0.2, -0.15) is 5.26 Å². The summed E-state index contributed by atoms with van der Waals surface area (Å²) in [7, 11) is 3.73. The van der Waals surface area contributed by atoms with Crippen molar-refractivity contribution in [1.82, 2.24) is 4.90 Å². The smallest absolute Gasteiger partial charge is 0.258 e. The molecule has 5 heteroatoms. The molecule has 20 heavy (non-hydrogen) atoms. The summed E-state index contributed by atoms with van der Waals surface area (Å²) < 4.78 is 0. The van der Waals surface area contributed by atoms with Gasteiger partial charge in [0, 0.05) is 25.3 Å². The van der Waals surface area contributed by atoms with Gasteiger partial charge in [0.15, 0.2) is 0 Å². The number of aliphatic hydroxyl groups is 1. The molecule has 1 aromatic carbocycles. The molecule has 1 atom stereocenters. The largest absolute Gasteiger partial charge is 0.394 e. The average molecular weight is 273 g/mol. The molecule has 0 radical (unpaired) electrons. The minimum Gasteiger partial charge on any atom is -0.394 e. The zero-order valence-electron chi connectivity index (χ0n) is 12.2. The van der Waals surface area contributed by atoms with Gasteiger partial charge in [-0.1, -0.05) is 12.1 Å². The second-order valence-corrected chi connectivity index (χ2v) is 5.81. The summed E-state index contributed by atoms with van der Waals surface area (Å²) in [5, 5.41) is 19.0. The molecule has 0 aliphatic carbocycles.